The first kappa shape index (κ1) is 21.7. The molecular formula is C25H20ClN5O3. The molecule has 0 amide bonds. The minimum Gasteiger partial charge on any atom is -0.497 e. The molecule has 1 N–H and O–H groups in total. The van der Waals surface area contributed by atoms with Crippen LogP contribution in [0.2, 0.25) is 5.02 Å². The van der Waals surface area contributed by atoms with Crippen LogP contribution in [0.1, 0.15) is 5.56 Å². The molecule has 170 valence electrons. The Bertz CT molecular complexity index is 1480. The number of nitrogens with one attached hydrogen (secondary N) is 1. The van der Waals surface area contributed by atoms with E-state index in [4.69, 9.17) is 25.5 Å². The van der Waals surface area contributed by atoms with Gasteiger partial charge in [-0.3, -0.25) is 0 Å². The topological polar surface area (TPSA) is 95.2 Å². The molecule has 0 fully saturated rings. The number of methoxy groups -OCH3 is 2. The van der Waals surface area contributed by atoms with Crippen LogP contribution in [0, 0.1) is 6.92 Å². The number of nitrogens with zero attached hydrogens (tertiary/aromatic N) is 4. The van der Waals surface area contributed by atoms with E-state index in [0.29, 0.717) is 39.4 Å². The van der Waals surface area contributed by atoms with Gasteiger partial charge in [-0.1, -0.05) is 41.4 Å². The van der Waals surface area contributed by atoms with Gasteiger partial charge in [0.1, 0.15) is 23.0 Å². The van der Waals surface area contributed by atoms with Crippen molar-refractivity contribution in [1.29, 1.82) is 0 Å². The van der Waals surface area contributed by atoms with Gasteiger partial charge in [0.2, 0.25) is 11.7 Å². The Morgan fingerprint density at radius 3 is 2.41 bits per heavy atom. The Morgan fingerprint density at radius 1 is 0.882 bits per heavy atom. The summed E-state index contributed by atoms with van der Waals surface area (Å²) in [6.45, 7) is 2.02. The summed E-state index contributed by atoms with van der Waals surface area (Å²) in [4.78, 5) is 9.31. The van der Waals surface area contributed by atoms with Gasteiger partial charge in [0, 0.05) is 23.1 Å². The van der Waals surface area contributed by atoms with Crippen LogP contribution in [0.5, 0.6) is 11.5 Å². The second kappa shape index (κ2) is 8.99. The quantitative estimate of drug-likeness (QED) is 0.317. The first-order valence-corrected chi connectivity index (χ1v) is 10.8. The molecule has 5 rings (SSSR count). The molecule has 0 aliphatic carbocycles. The molecular weight excluding hydrogens is 454 g/mol. The van der Waals surface area contributed by atoms with Crippen LogP contribution in [-0.2, 0) is 0 Å². The molecule has 0 unspecified atom stereocenters. The summed E-state index contributed by atoms with van der Waals surface area (Å²) >= 11 is 6.53. The average Bonchev–Trinajstić information content (AvgIpc) is 3.35. The minimum absolute atomic E-state index is 0.206. The fraction of sp³-hybridized carbons (Fsp3) is 0.120. The van der Waals surface area contributed by atoms with Crippen molar-refractivity contribution in [2.75, 3.05) is 19.5 Å². The number of ether oxygens (including phenoxy) is 2. The fourth-order valence-electron chi connectivity index (χ4n) is 3.47. The molecule has 0 atom stereocenters. The lowest BCUT2D eigenvalue weighted by atomic mass is 10.1. The number of hydrogen-bond donors (Lipinski definition) is 1. The Balaban J connectivity index is 1.59. The van der Waals surface area contributed by atoms with E-state index in [2.05, 4.69) is 25.5 Å². The van der Waals surface area contributed by atoms with Crippen molar-refractivity contribution in [3.63, 3.8) is 0 Å². The Hall–Kier alpha value is -4.17. The first-order valence-electron chi connectivity index (χ1n) is 10.4. The molecule has 3 aromatic carbocycles. The van der Waals surface area contributed by atoms with Gasteiger partial charge in [-0.05, 0) is 31.2 Å². The van der Waals surface area contributed by atoms with E-state index in [1.54, 1.807) is 26.4 Å². The summed E-state index contributed by atoms with van der Waals surface area (Å²) in [7, 11) is 3.13. The van der Waals surface area contributed by atoms with Gasteiger partial charge in [-0.15, -0.1) is 10.2 Å². The molecule has 5 aromatic rings. The van der Waals surface area contributed by atoms with Crippen LogP contribution in [0.3, 0.4) is 0 Å². The predicted octanol–water partition coefficient (Wildman–Crippen LogP) is 6.07. The summed E-state index contributed by atoms with van der Waals surface area (Å²) in [5.41, 5.74) is 3.21. The van der Waals surface area contributed by atoms with Crippen molar-refractivity contribution in [1.82, 2.24) is 20.2 Å². The van der Waals surface area contributed by atoms with Crippen molar-refractivity contribution in [3.8, 4) is 34.7 Å². The lowest BCUT2D eigenvalue weighted by Gasteiger charge is -2.15. The maximum Gasteiger partial charge on any atom is 0.286 e. The van der Waals surface area contributed by atoms with E-state index < -0.39 is 0 Å². The molecule has 2 heterocycles. The smallest absolute Gasteiger partial charge is 0.286 e. The molecule has 0 spiro atoms. The number of anilines is 2. The monoisotopic (exact) mass is 473 g/mol. The van der Waals surface area contributed by atoms with E-state index in [9.17, 15) is 0 Å². The lowest BCUT2D eigenvalue weighted by molar-refractivity contribution is 0.395. The molecule has 0 aliphatic rings. The maximum atomic E-state index is 6.53. The SMILES string of the molecule is COc1cc(Cl)c(Nc2nc(-c3nnc(-c4ccc(C)cc4)o3)nc3ccccc23)c(OC)c1. The highest BCUT2D eigenvalue weighted by Gasteiger charge is 2.18. The molecule has 0 radical (unpaired) electrons. The van der Waals surface area contributed by atoms with E-state index in [-0.39, 0.29) is 11.7 Å². The highest BCUT2D eigenvalue weighted by molar-refractivity contribution is 6.34. The maximum absolute atomic E-state index is 6.53. The summed E-state index contributed by atoms with van der Waals surface area (Å²) in [6, 6.07) is 18.9. The summed E-state index contributed by atoms with van der Waals surface area (Å²) in [5, 5.41) is 12.8. The van der Waals surface area contributed by atoms with Crippen LogP contribution in [0.4, 0.5) is 11.5 Å². The lowest BCUT2D eigenvalue weighted by Crippen LogP contribution is -2.02. The van der Waals surface area contributed by atoms with Gasteiger partial charge in [0.15, 0.2) is 0 Å². The molecule has 8 nitrogen and oxygen atoms in total. The van der Waals surface area contributed by atoms with Crippen LogP contribution in [-0.4, -0.2) is 34.4 Å². The van der Waals surface area contributed by atoms with Crippen LogP contribution in [0.25, 0.3) is 34.1 Å². The number of rotatable bonds is 6. The van der Waals surface area contributed by atoms with Crippen LogP contribution < -0.4 is 14.8 Å². The highest BCUT2D eigenvalue weighted by atomic mass is 35.5. The van der Waals surface area contributed by atoms with E-state index in [1.165, 1.54) is 0 Å². The van der Waals surface area contributed by atoms with Crippen molar-refractivity contribution in [2.24, 2.45) is 0 Å². The molecule has 34 heavy (non-hydrogen) atoms. The Kier molecular flexibility index (Phi) is 5.73. The second-order valence-corrected chi connectivity index (χ2v) is 7.91. The van der Waals surface area contributed by atoms with Crippen molar-refractivity contribution in [2.45, 2.75) is 6.92 Å². The van der Waals surface area contributed by atoms with Crippen molar-refractivity contribution in [3.05, 3.63) is 71.2 Å². The number of fused-ring (bicyclic) bond motifs is 1. The van der Waals surface area contributed by atoms with E-state index in [1.807, 2.05) is 55.5 Å². The average molecular weight is 474 g/mol. The van der Waals surface area contributed by atoms with Gasteiger partial charge in [0.25, 0.3) is 5.89 Å². The zero-order valence-electron chi connectivity index (χ0n) is 18.7. The van der Waals surface area contributed by atoms with Crippen molar-refractivity contribution < 1.29 is 13.9 Å². The molecule has 2 aromatic heterocycles. The predicted molar refractivity (Wildman–Crippen MR) is 131 cm³/mol. The molecule has 0 saturated heterocycles. The molecule has 9 heteroatoms. The minimum atomic E-state index is 0.206. The van der Waals surface area contributed by atoms with Gasteiger partial charge in [-0.2, -0.15) is 0 Å². The number of para-hydroxylation sites is 1. The number of hydrogen-bond acceptors (Lipinski definition) is 8. The van der Waals surface area contributed by atoms with Crippen molar-refractivity contribution >= 4 is 34.0 Å². The number of halogens is 1. The third-order valence-electron chi connectivity index (χ3n) is 5.24. The van der Waals surface area contributed by atoms with Crippen LogP contribution in [0.15, 0.2) is 65.1 Å². The van der Waals surface area contributed by atoms with E-state index >= 15 is 0 Å². The molecule has 0 saturated carbocycles. The number of aromatic nitrogens is 4. The normalized spacial score (nSPS) is 10.9. The Morgan fingerprint density at radius 2 is 1.65 bits per heavy atom. The highest BCUT2D eigenvalue weighted by Crippen LogP contribution is 2.39. The second-order valence-electron chi connectivity index (χ2n) is 7.50. The first-order chi connectivity index (χ1) is 16.6. The largest absolute Gasteiger partial charge is 0.497 e. The third-order valence-corrected chi connectivity index (χ3v) is 5.54. The van der Waals surface area contributed by atoms with Gasteiger partial charge in [0.05, 0.1) is 24.8 Å². The van der Waals surface area contributed by atoms with Gasteiger partial charge in [-0.25, -0.2) is 9.97 Å². The van der Waals surface area contributed by atoms with Gasteiger partial charge >= 0.3 is 0 Å². The summed E-state index contributed by atoms with van der Waals surface area (Å²) in [5.74, 6) is 2.48. The van der Waals surface area contributed by atoms with Gasteiger partial charge < -0.3 is 19.2 Å². The molecule has 0 bridgehead atoms. The summed E-state index contributed by atoms with van der Waals surface area (Å²) < 4.78 is 16.7. The number of benzene rings is 3. The fourth-order valence-corrected chi connectivity index (χ4v) is 3.72. The van der Waals surface area contributed by atoms with E-state index in [0.717, 1.165) is 16.5 Å². The number of aryl methyl sites for hydroxylation is 1. The zero-order valence-corrected chi connectivity index (χ0v) is 19.4. The standard InChI is InChI=1S/C25H20ClN5O3/c1-14-8-10-15(11-9-14)24-30-31-25(34-24)23-27-19-7-5-4-6-17(19)22(29-23)28-21-18(26)12-16(32-2)13-20(21)33-3/h4-13H,1-3H3,(H,27,28,29). The van der Waals surface area contributed by atoms with Crippen LogP contribution >= 0.6 is 11.6 Å². The Labute approximate surface area is 200 Å². The summed E-state index contributed by atoms with van der Waals surface area (Å²) in [6.07, 6.45) is 0. The third kappa shape index (κ3) is 4.11. The molecule has 0 aliphatic heterocycles. The zero-order chi connectivity index (χ0) is 23.7.